The molecule has 0 fully saturated rings. The highest BCUT2D eigenvalue weighted by molar-refractivity contribution is 6.02. The maximum Gasteiger partial charge on any atom is 0.387 e. The molecule has 0 radical (unpaired) electrons. The van der Waals surface area contributed by atoms with E-state index in [0.717, 1.165) is 0 Å². The number of halogens is 2. The van der Waals surface area contributed by atoms with Crippen molar-refractivity contribution in [3.05, 3.63) is 30.5 Å². The zero-order chi connectivity index (χ0) is 15.4. The highest BCUT2D eigenvalue weighted by atomic mass is 19.3. The van der Waals surface area contributed by atoms with Crippen LogP contribution in [0, 0.1) is 0 Å². The summed E-state index contributed by atoms with van der Waals surface area (Å²) in [6, 6.07) is 5.79. The molecule has 1 heterocycles. The first-order valence-electron chi connectivity index (χ1n) is 6.37. The van der Waals surface area contributed by atoms with Gasteiger partial charge in [-0.2, -0.15) is 8.78 Å². The lowest BCUT2D eigenvalue weighted by Gasteiger charge is -2.13. The molecular formula is C14H15F2N3O2. The van der Waals surface area contributed by atoms with E-state index in [0.29, 0.717) is 11.1 Å². The summed E-state index contributed by atoms with van der Waals surface area (Å²) in [4.78, 5) is 15.8. The van der Waals surface area contributed by atoms with Crippen LogP contribution in [-0.2, 0) is 0 Å². The molecule has 7 heteroatoms. The Kier molecular flexibility index (Phi) is 4.52. The number of anilines is 1. The van der Waals surface area contributed by atoms with E-state index in [2.05, 4.69) is 20.4 Å². The van der Waals surface area contributed by atoms with Gasteiger partial charge in [-0.15, -0.1) is 0 Å². The Morgan fingerprint density at radius 3 is 2.71 bits per heavy atom. The van der Waals surface area contributed by atoms with Crippen LogP contribution >= 0.6 is 0 Å². The van der Waals surface area contributed by atoms with E-state index >= 15 is 0 Å². The van der Waals surface area contributed by atoms with Crippen LogP contribution in [0.5, 0.6) is 5.75 Å². The van der Waals surface area contributed by atoms with Crippen molar-refractivity contribution < 1.29 is 18.3 Å². The fourth-order valence-corrected chi connectivity index (χ4v) is 1.87. The fourth-order valence-electron chi connectivity index (χ4n) is 1.87. The first-order chi connectivity index (χ1) is 9.97. The molecule has 0 aliphatic heterocycles. The molecule has 5 nitrogen and oxygen atoms in total. The van der Waals surface area contributed by atoms with Crippen LogP contribution in [-0.4, -0.2) is 23.7 Å². The number of ether oxygens (including phenoxy) is 1. The van der Waals surface area contributed by atoms with Crippen LogP contribution in [0.1, 0.15) is 13.8 Å². The Balaban J connectivity index is 2.36. The molecule has 21 heavy (non-hydrogen) atoms. The van der Waals surface area contributed by atoms with E-state index in [1.807, 2.05) is 13.8 Å². The third kappa shape index (κ3) is 3.77. The normalized spacial score (nSPS) is 11.0. The Morgan fingerprint density at radius 1 is 1.29 bits per heavy atom. The number of aromatic nitrogens is 1. The van der Waals surface area contributed by atoms with Crippen molar-refractivity contribution >= 4 is 22.6 Å². The number of rotatable bonds is 4. The number of carbonyl (C=O) groups is 1. The lowest BCUT2D eigenvalue weighted by molar-refractivity contribution is -0.0489. The number of nitrogens with one attached hydrogen (secondary N) is 2. The van der Waals surface area contributed by atoms with Gasteiger partial charge in [-0.25, -0.2) is 4.79 Å². The number of nitrogens with zero attached hydrogens (tertiary/aromatic N) is 1. The lowest BCUT2D eigenvalue weighted by Crippen LogP contribution is -2.34. The first-order valence-corrected chi connectivity index (χ1v) is 6.37. The minimum absolute atomic E-state index is 0.0178. The maximum absolute atomic E-state index is 12.4. The lowest BCUT2D eigenvalue weighted by atomic mass is 10.1. The van der Waals surface area contributed by atoms with Gasteiger partial charge in [0.25, 0.3) is 0 Å². The van der Waals surface area contributed by atoms with Crippen LogP contribution in [0.25, 0.3) is 10.9 Å². The third-order valence-corrected chi connectivity index (χ3v) is 2.62. The molecule has 2 aromatic rings. The molecule has 0 unspecified atom stereocenters. The zero-order valence-electron chi connectivity index (χ0n) is 11.6. The van der Waals surface area contributed by atoms with Gasteiger partial charge in [0.15, 0.2) is 5.75 Å². The molecule has 0 bridgehead atoms. The number of benzene rings is 1. The predicted octanol–water partition coefficient (Wildman–Crippen LogP) is 3.37. The monoisotopic (exact) mass is 295 g/mol. The van der Waals surface area contributed by atoms with Crippen molar-refractivity contribution in [2.75, 3.05) is 5.32 Å². The number of pyridine rings is 1. The summed E-state index contributed by atoms with van der Waals surface area (Å²) in [6.07, 6.45) is 1.47. The van der Waals surface area contributed by atoms with Gasteiger partial charge in [0.1, 0.15) is 5.52 Å². The Morgan fingerprint density at radius 2 is 2.05 bits per heavy atom. The second-order valence-electron chi connectivity index (χ2n) is 4.64. The molecule has 0 aliphatic carbocycles. The molecule has 2 amide bonds. The SMILES string of the molecule is CC(C)NC(=O)Nc1ccc(OC(F)F)c2ncccc12. The molecule has 2 N–H and O–H groups in total. The second kappa shape index (κ2) is 6.34. The van der Waals surface area contributed by atoms with Crippen molar-refractivity contribution in [3.63, 3.8) is 0 Å². The average Bonchev–Trinajstić information content (AvgIpc) is 2.40. The van der Waals surface area contributed by atoms with Crippen LogP contribution < -0.4 is 15.4 Å². The Hall–Kier alpha value is -2.44. The Bertz CT molecular complexity index is 647. The van der Waals surface area contributed by atoms with Gasteiger partial charge in [0.2, 0.25) is 0 Å². The van der Waals surface area contributed by atoms with Crippen LogP contribution in [0.2, 0.25) is 0 Å². The van der Waals surface area contributed by atoms with E-state index in [-0.39, 0.29) is 23.3 Å². The molecule has 0 spiro atoms. The number of hydrogen-bond donors (Lipinski definition) is 2. The number of hydrogen-bond acceptors (Lipinski definition) is 3. The number of alkyl halides is 2. The fraction of sp³-hybridized carbons (Fsp3) is 0.286. The predicted molar refractivity (Wildman–Crippen MR) is 75.7 cm³/mol. The van der Waals surface area contributed by atoms with Crippen LogP contribution in [0.4, 0.5) is 19.3 Å². The van der Waals surface area contributed by atoms with Gasteiger partial charge in [0, 0.05) is 17.6 Å². The molecule has 0 atom stereocenters. The summed E-state index contributed by atoms with van der Waals surface area (Å²) in [5.74, 6) is -0.0320. The van der Waals surface area contributed by atoms with E-state index in [1.54, 1.807) is 12.1 Å². The number of urea groups is 1. The van der Waals surface area contributed by atoms with Gasteiger partial charge in [-0.1, -0.05) is 0 Å². The summed E-state index contributed by atoms with van der Waals surface area (Å²) >= 11 is 0. The van der Waals surface area contributed by atoms with Crippen LogP contribution in [0.15, 0.2) is 30.5 Å². The van der Waals surface area contributed by atoms with Gasteiger partial charge in [-0.3, -0.25) is 4.98 Å². The number of carbonyl (C=O) groups excluding carboxylic acids is 1. The smallest absolute Gasteiger partial charge is 0.387 e. The van der Waals surface area contributed by atoms with Gasteiger partial charge >= 0.3 is 12.6 Å². The van der Waals surface area contributed by atoms with Gasteiger partial charge < -0.3 is 15.4 Å². The largest absolute Gasteiger partial charge is 0.432 e. The standard InChI is InChI=1S/C14H15F2N3O2/c1-8(2)18-14(20)19-10-5-6-11(21-13(15)16)12-9(10)4-3-7-17-12/h3-8,13H,1-2H3,(H2,18,19,20). The summed E-state index contributed by atoms with van der Waals surface area (Å²) in [5, 5.41) is 5.87. The van der Waals surface area contributed by atoms with E-state index in [4.69, 9.17) is 0 Å². The Labute approximate surface area is 120 Å². The molecule has 1 aromatic carbocycles. The van der Waals surface area contributed by atoms with Crippen molar-refractivity contribution in [1.82, 2.24) is 10.3 Å². The average molecular weight is 295 g/mol. The second-order valence-corrected chi connectivity index (χ2v) is 4.64. The van der Waals surface area contributed by atoms with Crippen LogP contribution in [0.3, 0.4) is 0 Å². The third-order valence-electron chi connectivity index (χ3n) is 2.62. The molecule has 0 saturated heterocycles. The maximum atomic E-state index is 12.4. The highest BCUT2D eigenvalue weighted by Gasteiger charge is 2.13. The first kappa shape index (κ1) is 15.0. The summed E-state index contributed by atoms with van der Waals surface area (Å²) < 4.78 is 29.2. The molecule has 112 valence electrons. The number of amides is 2. The van der Waals surface area contributed by atoms with E-state index in [1.165, 1.54) is 18.3 Å². The highest BCUT2D eigenvalue weighted by Crippen LogP contribution is 2.30. The van der Waals surface area contributed by atoms with Gasteiger partial charge in [-0.05, 0) is 38.1 Å². The topological polar surface area (TPSA) is 63.2 Å². The quantitative estimate of drug-likeness (QED) is 0.909. The zero-order valence-corrected chi connectivity index (χ0v) is 11.6. The van der Waals surface area contributed by atoms with E-state index < -0.39 is 6.61 Å². The van der Waals surface area contributed by atoms with Crippen molar-refractivity contribution in [2.45, 2.75) is 26.5 Å². The summed E-state index contributed by atoms with van der Waals surface area (Å²) in [5.41, 5.74) is 0.734. The minimum atomic E-state index is -2.93. The molecule has 0 saturated carbocycles. The number of fused-ring (bicyclic) bond motifs is 1. The molecule has 1 aromatic heterocycles. The van der Waals surface area contributed by atoms with Crippen molar-refractivity contribution in [2.24, 2.45) is 0 Å². The van der Waals surface area contributed by atoms with Gasteiger partial charge in [0.05, 0.1) is 5.69 Å². The van der Waals surface area contributed by atoms with Crippen molar-refractivity contribution in [3.8, 4) is 5.75 Å². The summed E-state index contributed by atoms with van der Waals surface area (Å²) in [6.45, 7) is 0.732. The molecular weight excluding hydrogens is 280 g/mol. The minimum Gasteiger partial charge on any atom is -0.432 e. The summed E-state index contributed by atoms with van der Waals surface area (Å²) in [7, 11) is 0. The molecule has 0 aliphatic rings. The molecule has 2 rings (SSSR count). The van der Waals surface area contributed by atoms with E-state index in [9.17, 15) is 13.6 Å². The van der Waals surface area contributed by atoms with Crippen molar-refractivity contribution in [1.29, 1.82) is 0 Å².